The van der Waals surface area contributed by atoms with Gasteiger partial charge >= 0.3 is 0 Å². The maximum atomic E-state index is 5.74. The van der Waals surface area contributed by atoms with Crippen molar-refractivity contribution in [3.05, 3.63) is 18.4 Å². The number of aromatic nitrogens is 1. The van der Waals surface area contributed by atoms with Crippen LogP contribution in [0.15, 0.2) is 17.0 Å². The van der Waals surface area contributed by atoms with E-state index < -0.39 is 0 Å². The first-order chi connectivity index (χ1) is 6.64. The Labute approximate surface area is 85.5 Å². The molecule has 1 aromatic rings. The minimum atomic E-state index is -0.0667. The maximum Gasteiger partial charge on any atom is 0.180 e. The van der Waals surface area contributed by atoms with Gasteiger partial charge in [-0.15, -0.1) is 0 Å². The predicted octanol–water partition coefficient (Wildman–Crippen LogP) is 3.16. The van der Waals surface area contributed by atoms with Gasteiger partial charge in [-0.1, -0.05) is 19.8 Å². The summed E-state index contributed by atoms with van der Waals surface area (Å²) < 4.78 is 10.8. The van der Waals surface area contributed by atoms with Gasteiger partial charge in [-0.25, -0.2) is 4.98 Å². The van der Waals surface area contributed by atoms with Gasteiger partial charge in [-0.2, -0.15) is 0 Å². The largest absolute Gasteiger partial charge is 0.446 e. The maximum absolute atomic E-state index is 5.74. The molecule has 0 aliphatic carbocycles. The fourth-order valence-corrected chi connectivity index (χ4v) is 1.25. The van der Waals surface area contributed by atoms with Crippen LogP contribution in [-0.4, -0.2) is 10.6 Å². The lowest BCUT2D eigenvalue weighted by molar-refractivity contribution is -0.0427. The van der Waals surface area contributed by atoms with Gasteiger partial charge in [0, 0.05) is 0 Å². The number of unbranched alkanes of at least 4 members (excludes halogenated alkanes) is 1. The first kappa shape index (κ1) is 11.2. The molecule has 0 atom stereocenters. The molecule has 0 saturated carbocycles. The SMILES string of the molecule is CCCCC(C)(C)OCc1cnco1. The van der Waals surface area contributed by atoms with Crippen LogP contribution in [0.1, 0.15) is 45.8 Å². The summed E-state index contributed by atoms with van der Waals surface area (Å²) in [5.74, 6) is 0.787. The van der Waals surface area contributed by atoms with E-state index in [1.807, 2.05) is 0 Å². The highest BCUT2D eigenvalue weighted by Gasteiger charge is 2.17. The van der Waals surface area contributed by atoms with Crippen molar-refractivity contribution in [2.24, 2.45) is 0 Å². The molecular formula is C11H19NO2. The summed E-state index contributed by atoms with van der Waals surface area (Å²) >= 11 is 0. The normalized spacial score (nSPS) is 11.9. The molecule has 0 aliphatic heterocycles. The van der Waals surface area contributed by atoms with Crippen molar-refractivity contribution in [3.63, 3.8) is 0 Å². The minimum absolute atomic E-state index is 0.0667. The van der Waals surface area contributed by atoms with E-state index in [9.17, 15) is 0 Å². The summed E-state index contributed by atoms with van der Waals surface area (Å²) in [7, 11) is 0. The molecule has 0 aromatic carbocycles. The molecule has 0 fully saturated rings. The summed E-state index contributed by atoms with van der Waals surface area (Å²) in [6.45, 7) is 6.92. The van der Waals surface area contributed by atoms with Gasteiger partial charge in [0.2, 0.25) is 0 Å². The van der Waals surface area contributed by atoms with E-state index in [-0.39, 0.29) is 5.60 Å². The molecule has 0 bridgehead atoms. The van der Waals surface area contributed by atoms with Crippen LogP contribution in [0.2, 0.25) is 0 Å². The average molecular weight is 197 g/mol. The van der Waals surface area contributed by atoms with Gasteiger partial charge in [0.1, 0.15) is 12.4 Å². The Morgan fingerprint density at radius 1 is 1.50 bits per heavy atom. The molecule has 80 valence electrons. The molecule has 3 heteroatoms. The van der Waals surface area contributed by atoms with E-state index in [0.29, 0.717) is 6.61 Å². The lowest BCUT2D eigenvalue weighted by Gasteiger charge is -2.24. The van der Waals surface area contributed by atoms with Gasteiger partial charge in [-0.05, 0) is 20.3 Å². The van der Waals surface area contributed by atoms with Gasteiger partial charge in [-0.3, -0.25) is 0 Å². The van der Waals surface area contributed by atoms with Crippen molar-refractivity contribution in [3.8, 4) is 0 Å². The summed E-state index contributed by atoms with van der Waals surface area (Å²) in [5.41, 5.74) is -0.0667. The van der Waals surface area contributed by atoms with Crippen molar-refractivity contribution in [2.75, 3.05) is 0 Å². The Hall–Kier alpha value is -0.830. The standard InChI is InChI=1S/C11H19NO2/c1-4-5-6-11(2,3)14-8-10-7-12-9-13-10/h7,9H,4-6,8H2,1-3H3. The quantitative estimate of drug-likeness (QED) is 0.702. The third kappa shape index (κ3) is 3.92. The molecule has 0 unspecified atom stereocenters. The molecular weight excluding hydrogens is 178 g/mol. The van der Waals surface area contributed by atoms with Gasteiger partial charge in [0.05, 0.1) is 11.8 Å². The van der Waals surface area contributed by atoms with Crippen molar-refractivity contribution >= 4 is 0 Å². The Morgan fingerprint density at radius 3 is 2.86 bits per heavy atom. The van der Waals surface area contributed by atoms with Gasteiger partial charge < -0.3 is 9.15 Å². The third-order valence-electron chi connectivity index (χ3n) is 2.22. The Balaban J connectivity index is 2.28. The van der Waals surface area contributed by atoms with Crippen LogP contribution < -0.4 is 0 Å². The van der Waals surface area contributed by atoms with Crippen LogP contribution in [0, 0.1) is 0 Å². The Morgan fingerprint density at radius 2 is 2.29 bits per heavy atom. The molecule has 0 aliphatic rings. The van der Waals surface area contributed by atoms with Crippen LogP contribution >= 0.6 is 0 Å². The monoisotopic (exact) mass is 197 g/mol. The van der Waals surface area contributed by atoms with Crippen molar-refractivity contribution < 1.29 is 9.15 Å². The van der Waals surface area contributed by atoms with Crippen molar-refractivity contribution in [2.45, 2.75) is 52.2 Å². The van der Waals surface area contributed by atoms with Crippen LogP contribution in [0.4, 0.5) is 0 Å². The van der Waals surface area contributed by atoms with E-state index in [0.717, 1.165) is 12.2 Å². The summed E-state index contributed by atoms with van der Waals surface area (Å²) in [4.78, 5) is 3.84. The highest BCUT2D eigenvalue weighted by molar-refractivity contribution is 4.86. The number of rotatable bonds is 6. The van der Waals surface area contributed by atoms with Crippen LogP contribution in [0.3, 0.4) is 0 Å². The van der Waals surface area contributed by atoms with Crippen LogP contribution in [0.25, 0.3) is 0 Å². The van der Waals surface area contributed by atoms with Crippen LogP contribution in [0.5, 0.6) is 0 Å². The average Bonchev–Trinajstić information content (AvgIpc) is 2.64. The molecule has 0 amide bonds. The van der Waals surface area contributed by atoms with E-state index in [4.69, 9.17) is 9.15 Å². The van der Waals surface area contributed by atoms with E-state index in [1.165, 1.54) is 19.2 Å². The smallest absolute Gasteiger partial charge is 0.180 e. The lowest BCUT2D eigenvalue weighted by Crippen LogP contribution is -2.23. The van der Waals surface area contributed by atoms with Crippen molar-refractivity contribution in [1.29, 1.82) is 0 Å². The first-order valence-corrected chi connectivity index (χ1v) is 5.15. The first-order valence-electron chi connectivity index (χ1n) is 5.15. The molecule has 1 heterocycles. The second kappa shape index (κ2) is 5.15. The molecule has 0 spiro atoms. The molecule has 1 aromatic heterocycles. The fourth-order valence-electron chi connectivity index (χ4n) is 1.25. The van der Waals surface area contributed by atoms with E-state index >= 15 is 0 Å². The summed E-state index contributed by atoms with van der Waals surface area (Å²) in [6, 6.07) is 0. The van der Waals surface area contributed by atoms with E-state index in [2.05, 4.69) is 25.8 Å². The van der Waals surface area contributed by atoms with E-state index in [1.54, 1.807) is 6.20 Å². The third-order valence-corrected chi connectivity index (χ3v) is 2.22. The number of hydrogen-bond acceptors (Lipinski definition) is 3. The Bertz CT molecular complexity index is 242. The molecule has 1 rings (SSSR count). The van der Waals surface area contributed by atoms with Crippen LogP contribution in [-0.2, 0) is 11.3 Å². The second-order valence-electron chi connectivity index (χ2n) is 4.12. The Kier molecular flexibility index (Phi) is 4.14. The molecule has 0 N–H and O–H groups in total. The molecule has 0 saturated heterocycles. The highest BCUT2D eigenvalue weighted by atomic mass is 16.5. The van der Waals surface area contributed by atoms with Gasteiger partial charge in [0.15, 0.2) is 6.39 Å². The minimum Gasteiger partial charge on any atom is -0.446 e. The zero-order valence-electron chi connectivity index (χ0n) is 9.25. The van der Waals surface area contributed by atoms with Crippen molar-refractivity contribution in [1.82, 2.24) is 4.98 Å². The molecule has 0 radical (unpaired) electrons. The number of ether oxygens (including phenoxy) is 1. The summed E-state index contributed by atoms with van der Waals surface area (Å²) in [6.07, 6.45) is 6.60. The number of hydrogen-bond donors (Lipinski definition) is 0. The fraction of sp³-hybridized carbons (Fsp3) is 0.727. The highest BCUT2D eigenvalue weighted by Crippen LogP contribution is 2.19. The number of nitrogens with zero attached hydrogens (tertiary/aromatic N) is 1. The lowest BCUT2D eigenvalue weighted by atomic mass is 10.0. The topological polar surface area (TPSA) is 35.3 Å². The summed E-state index contributed by atoms with van der Waals surface area (Å²) in [5, 5.41) is 0. The number of oxazole rings is 1. The zero-order chi connectivity index (χ0) is 10.4. The molecule has 14 heavy (non-hydrogen) atoms. The van der Waals surface area contributed by atoms with Gasteiger partial charge in [0.25, 0.3) is 0 Å². The second-order valence-corrected chi connectivity index (χ2v) is 4.12. The molecule has 3 nitrogen and oxygen atoms in total. The predicted molar refractivity (Wildman–Crippen MR) is 54.9 cm³/mol. The zero-order valence-corrected chi connectivity index (χ0v) is 9.25.